The summed E-state index contributed by atoms with van der Waals surface area (Å²) in [5, 5.41) is 23.1. The van der Waals surface area contributed by atoms with Gasteiger partial charge in [-0.2, -0.15) is 0 Å². The fourth-order valence-corrected chi connectivity index (χ4v) is 8.35. The van der Waals surface area contributed by atoms with Crippen molar-refractivity contribution in [2.75, 3.05) is 6.61 Å². The van der Waals surface area contributed by atoms with E-state index in [-0.39, 0.29) is 12.5 Å². The Bertz CT molecular complexity index is 840. The Labute approximate surface area is 364 Å². The van der Waals surface area contributed by atoms with Crippen molar-refractivity contribution in [1.82, 2.24) is 5.32 Å². The SMILES string of the molecule is CCCCCCC/C=C\CCCCCCCC(=O)NC(CO)C(O)/C=C/CCCCCCCCCCCCCCCCCCCCCCCCCCCCCCCC. The maximum absolute atomic E-state index is 12.4. The number of carbonyl (C=O) groups excluding carboxylic acids is 1. The molecular weight excluding hydrogens is 711 g/mol. The second-order valence-corrected chi connectivity index (χ2v) is 18.3. The Morgan fingerprint density at radius 3 is 0.948 bits per heavy atom. The van der Waals surface area contributed by atoms with Crippen molar-refractivity contribution in [3.63, 3.8) is 0 Å². The number of hydrogen-bond acceptors (Lipinski definition) is 3. The van der Waals surface area contributed by atoms with Crippen LogP contribution in [0.4, 0.5) is 0 Å². The van der Waals surface area contributed by atoms with E-state index in [1.807, 2.05) is 6.08 Å². The molecular formula is C54H105NO3. The van der Waals surface area contributed by atoms with Gasteiger partial charge < -0.3 is 15.5 Å². The fraction of sp³-hybridized carbons (Fsp3) is 0.907. The molecule has 1 amide bonds. The lowest BCUT2D eigenvalue weighted by atomic mass is 10.0. The number of aliphatic hydroxyl groups is 2. The van der Waals surface area contributed by atoms with Gasteiger partial charge in [0.1, 0.15) is 0 Å². The van der Waals surface area contributed by atoms with Crippen molar-refractivity contribution in [3.8, 4) is 0 Å². The number of allylic oxidation sites excluding steroid dienone is 3. The Hall–Kier alpha value is -1.13. The minimum Gasteiger partial charge on any atom is -0.394 e. The van der Waals surface area contributed by atoms with Crippen molar-refractivity contribution in [1.29, 1.82) is 0 Å². The minimum absolute atomic E-state index is 0.0700. The van der Waals surface area contributed by atoms with Gasteiger partial charge in [0.25, 0.3) is 0 Å². The van der Waals surface area contributed by atoms with E-state index < -0.39 is 12.1 Å². The second-order valence-electron chi connectivity index (χ2n) is 18.3. The molecule has 0 fully saturated rings. The van der Waals surface area contributed by atoms with Crippen LogP contribution in [0.25, 0.3) is 0 Å². The maximum Gasteiger partial charge on any atom is 0.220 e. The molecule has 0 radical (unpaired) electrons. The van der Waals surface area contributed by atoms with Gasteiger partial charge in [-0.25, -0.2) is 0 Å². The summed E-state index contributed by atoms with van der Waals surface area (Å²) >= 11 is 0. The van der Waals surface area contributed by atoms with Crippen LogP contribution in [0.3, 0.4) is 0 Å². The van der Waals surface area contributed by atoms with E-state index in [9.17, 15) is 15.0 Å². The van der Waals surface area contributed by atoms with Crippen LogP contribution >= 0.6 is 0 Å². The van der Waals surface area contributed by atoms with E-state index in [4.69, 9.17) is 0 Å². The molecule has 0 rings (SSSR count). The number of rotatable bonds is 49. The predicted molar refractivity (Wildman–Crippen MR) is 258 cm³/mol. The first kappa shape index (κ1) is 56.9. The highest BCUT2D eigenvalue weighted by Crippen LogP contribution is 2.17. The topological polar surface area (TPSA) is 69.6 Å². The van der Waals surface area contributed by atoms with Gasteiger partial charge in [0.15, 0.2) is 0 Å². The van der Waals surface area contributed by atoms with Crippen LogP contribution in [0, 0.1) is 0 Å². The molecule has 0 aromatic rings. The van der Waals surface area contributed by atoms with Crippen molar-refractivity contribution in [2.45, 2.75) is 309 Å². The van der Waals surface area contributed by atoms with Gasteiger partial charge in [0, 0.05) is 6.42 Å². The number of nitrogens with one attached hydrogen (secondary N) is 1. The summed E-state index contributed by atoms with van der Waals surface area (Å²) in [5.74, 6) is -0.0700. The lowest BCUT2D eigenvalue weighted by Crippen LogP contribution is -2.45. The zero-order valence-electron chi connectivity index (χ0n) is 39.6. The molecule has 2 unspecified atom stereocenters. The molecule has 0 bridgehead atoms. The smallest absolute Gasteiger partial charge is 0.220 e. The third-order valence-corrected chi connectivity index (χ3v) is 12.4. The van der Waals surface area contributed by atoms with Crippen LogP contribution in [-0.2, 0) is 4.79 Å². The summed E-state index contributed by atoms with van der Waals surface area (Å²) in [6, 6.07) is -0.624. The molecule has 0 aliphatic heterocycles. The van der Waals surface area contributed by atoms with Crippen molar-refractivity contribution in [3.05, 3.63) is 24.3 Å². The zero-order chi connectivity index (χ0) is 42.1. The molecule has 0 aromatic heterocycles. The minimum atomic E-state index is -0.841. The molecule has 0 aromatic carbocycles. The monoisotopic (exact) mass is 816 g/mol. The van der Waals surface area contributed by atoms with Gasteiger partial charge in [-0.3, -0.25) is 4.79 Å². The van der Waals surface area contributed by atoms with Crippen LogP contribution in [-0.4, -0.2) is 34.9 Å². The Balaban J connectivity index is 3.43. The number of carbonyl (C=O) groups is 1. The maximum atomic E-state index is 12.4. The highest BCUT2D eigenvalue weighted by molar-refractivity contribution is 5.76. The van der Waals surface area contributed by atoms with Gasteiger partial charge in [-0.05, 0) is 44.9 Å². The first-order valence-electron chi connectivity index (χ1n) is 26.6. The summed E-state index contributed by atoms with van der Waals surface area (Å²) in [7, 11) is 0. The fourth-order valence-electron chi connectivity index (χ4n) is 8.35. The number of hydrogen-bond donors (Lipinski definition) is 3. The van der Waals surface area contributed by atoms with E-state index in [1.165, 1.54) is 244 Å². The third kappa shape index (κ3) is 45.9. The van der Waals surface area contributed by atoms with Gasteiger partial charge in [-0.1, -0.05) is 269 Å². The van der Waals surface area contributed by atoms with Gasteiger partial charge >= 0.3 is 0 Å². The lowest BCUT2D eigenvalue weighted by molar-refractivity contribution is -0.123. The standard InChI is InChI=1S/C54H105NO3/c1-3-5-7-9-11-13-15-17-19-20-21-22-23-24-25-26-27-28-29-30-31-32-33-34-35-36-37-39-41-43-45-47-49-53(57)52(51-56)55-54(58)50-48-46-44-42-40-38-18-16-14-12-10-8-6-4-2/h16,18,47,49,52-53,56-57H,3-15,17,19-46,48,50-51H2,1-2H3,(H,55,58)/b18-16-,49-47+. The molecule has 0 saturated carbocycles. The highest BCUT2D eigenvalue weighted by atomic mass is 16.3. The molecule has 0 saturated heterocycles. The average molecular weight is 816 g/mol. The molecule has 2 atom stereocenters. The molecule has 0 spiro atoms. The Morgan fingerprint density at radius 2 is 0.655 bits per heavy atom. The number of aliphatic hydroxyl groups excluding tert-OH is 2. The van der Waals surface area contributed by atoms with E-state index >= 15 is 0 Å². The summed E-state index contributed by atoms with van der Waals surface area (Å²) in [4.78, 5) is 12.4. The van der Waals surface area contributed by atoms with E-state index in [0.29, 0.717) is 6.42 Å². The molecule has 3 N–H and O–H groups in total. The van der Waals surface area contributed by atoms with Crippen LogP contribution in [0.1, 0.15) is 296 Å². The van der Waals surface area contributed by atoms with Gasteiger partial charge in [-0.15, -0.1) is 0 Å². The summed E-state index contributed by atoms with van der Waals surface area (Å²) in [6.45, 7) is 4.32. The first-order chi connectivity index (χ1) is 28.7. The third-order valence-electron chi connectivity index (χ3n) is 12.4. The molecule has 0 aliphatic rings. The predicted octanol–water partition coefficient (Wildman–Crippen LogP) is 17.1. The van der Waals surface area contributed by atoms with Crippen LogP contribution in [0.15, 0.2) is 24.3 Å². The molecule has 4 heteroatoms. The molecule has 58 heavy (non-hydrogen) atoms. The molecule has 0 heterocycles. The van der Waals surface area contributed by atoms with Crippen molar-refractivity contribution in [2.24, 2.45) is 0 Å². The molecule has 4 nitrogen and oxygen atoms in total. The van der Waals surface area contributed by atoms with Crippen LogP contribution in [0.5, 0.6) is 0 Å². The summed E-state index contributed by atoms with van der Waals surface area (Å²) in [6.07, 6.45) is 66.2. The van der Waals surface area contributed by atoms with E-state index in [0.717, 1.165) is 32.1 Å². The number of unbranched alkanes of at least 4 members (excludes halogenated alkanes) is 40. The summed E-state index contributed by atoms with van der Waals surface area (Å²) < 4.78 is 0. The first-order valence-corrected chi connectivity index (χ1v) is 26.6. The van der Waals surface area contributed by atoms with E-state index in [1.54, 1.807) is 6.08 Å². The average Bonchev–Trinajstić information content (AvgIpc) is 3.23. The van der Waals surface area contributed by atoms with Gasteiger partial charge in [0.2, 0.25) is 5.91 Å². The van der Waals surface area contributed by atoms with Crippen LogP contribution in [0.2, 0.25) is 0 Å². The van der Waals surface area contributed by atoms with E-state index in [2.05, 4.69) is 31.3 Å². The molecule has 0 aliphatic carbocycles. The van der Waals surface area contributed by atoms with Gasteiger partial charge in [0.05, 0.1) is 18.8 Å². The number of amides is 1. The summed E-state index contributed by atoms with van der Waals surface area (Å²) in [5.41, 5.74) is 0. The second kappa shape index (κ2) is 50.2. The van der Waals surface area contributed by atoms with Crippen molar-refractivity contribution >= 4 is 5.91 Å². The largest absolute Gasteiger partial charge is 0.394 e. The molecule has 344 valence electrons. The van der Waals surface area contributed by atoms with Crippen LogP contribution < -0.4 is 5.32 Å². The zero-order valence-corrected chi connectivity index (χ0v) is 39.6. The highest BCUT2D eigenvalue weighted by Gasteiger charge is 2.18. The lowest BCUT2D eigenvalue weighted by Gasteiger charge is -2.20. The normalized spacial score (nSPS) is 13.0. The Morgan fingerprint density at radius 1 is 0.397 bits per heavy atom. The quantitative estimate of drug-likeness (QED) is 0.0423. The Kier molecular flexibility index (Phi) is 49.2. The van der Waals surface area contributed by atoms with Crippen molar-refractivity contribution < 1.29 is 15.0 Å².